The van der Waals surface area contributed by atoms with Crippen LogP contribution >= 0.6 is 0 Å². The molecule has 5 aromatic rings. The van der Waals surface area contributed by atoms with Crippen LogP contribution in [0, 0.1) is 0 Å². The summed E-state index contributed by atoms with van der Waals surface area (Å²) < 4.78 is 32.3. The number of hydrogen-bond acceptors (Lipinski definition) is 5. The molecule has 2 N–H and O–H groups in total. The minimum Gasteiger partial charge on any atom is -0.506 e. The Hall–Kier alpha value is -3.25. The smallest absolute Gasteiger partial charge is 0.343 e. The molecule has 0 radical (unpaired) electrons. The van der Waals surface area contributed by atoms with Gasteiger partial charge < -0.3 is 14.4 Å². The van der Waals surface area contributed by atoms with Gasteiger partial charge in [0.1, 0.15) is 5.75 Å². The average Bonchev–Trinajstić information content (AvgIpc) is 2.79. The maximum Gasteiger partial charge on any atom is 0.343 e. The van der Waals surface area contributed by atoms with Gasteiger partial charge in [0.25, 0.3) is 0 Å². The molecule has 1 heterocycles. The Balaban J connectivity index is 1.84. The third kappa shape index (κ3) is 1.71. The van der Waals surface area contributed by atoms with Gasteiger partial charge in [0.15, 0.2) is 16.4 Å². The molecule has 0 fully saturated rings. The van der Waals surface area contributed by atoms with Crippen molar-refractivity contribution < 1.29 is 22.8 Å². The Morgan fingerprint density at radius 1 is 0.656 bits per heavy atom. The van der Waals surface area contributed by atoms with E-state index in [2.05, 4.69) is 24.3 Å². The van der Waals surface area contributed by atoms with Gasteiger partial charge in [0, 0.05) is 27.3 Å². The normalized spacial score (nSPS) is 18.2. The molecule has 158 valence electrons. The minimum atomic E-state index is -4.29. The van der Waals surface area contributed by atoms with Crippen LogP contribution in [0.15, 0.2) is 29.2 Å². The first-order valence-electron chi connectivity index (χ1n) is 11.1. The standard InChI is InChI=1S/C26H18O5S/c27-23-15-5-1-3-11-7-9-13-14-10-8-12-4-2-6-16-18(12)20(14)22-21(19(13)17(11)15)25(23)31-32(29,30)26(22)24(16)28/h7-10,27-28H,1-6H2. The van der Waals surface area contributed by atoms with E-state index in [1.54, 1.807) is 0 Å². The molecule has 0 saturated carbocycles. The van der Waals surface area contributed by atoms with Crippen molar-refractivity contribution in [2.45, 2.75) is 43.4 Å². The molecule has 32 heavy (non-hydrogen) atoms. The van der Waals surface area contributed by atoms with Gasteiger partial charge >= 0.3 is 10.1 Å². The highest BCUT2D eigenvalue weighted by Crippen LogP contribution is 2.58. The number of phenolic OH excluding ortho intramolecular Hbond substituents is 2. The fourth-order valence-corrected chi connectivity index (χ4v) is 7.97. The maximum absolute atomic E-state index is 13.4. The van der Waals surface area contributed by atoms with Crippen molar-refractivity contribution in [3.8, 4) is 17.2 Å². The van der Waals surface area contributed by atoms with E-state index in [0.29, 0.717) is 29.2 Å². The van der Waals surface area contributed by atoms with Crippen molar-refractivity contribution in [1.82, 2.24) is 0 Å². The topological polar surface area (TPSA) is 83.8 Å². The van der Waals surface area contributed by atoms with Crippen LogP contribution in [0.5, 0.6) is 17.2 Å². The van der Waals surface area contributed by atoms with Gasteiger partial charge in [-0.25, -0.2) is 0 Å². The molecule has 0 spiro atoms. The van der Waals surface area contributed by atoms with E-state index in [-0.39, 0.29) is 22.1 Å². The third-order valence-corrected chi connectivity index (χ3v) is 9.16. The Morgan fingerprint density at radius 2 is 1.22 bits per heavy atom. The van der Waals surface area contributed by atoms with Gasteiger partial charge in [-0.1, -0.05) is 24.3 Å². The highest BCUT2D eigenvalue weighted by Gasteiger charge is 2.39. The summed E-state index contributed by atoms with van der Waals surface area (Å²) in [5, 5.41) is 29.4. The molecule has 8 rings (SSSR count). The zero-order valence-electron chi connectivity index (χ0n) is 17.1. The second-order valence-corrected chi connectivity index (χ2v) is 10.8. The Bertz CT molecular complexity index is 1830. The number of aromatic hydroxyl groups is 2. The first-order valence-corrected chi connectivity index (χ1v) is 12.5. The zero-order valence-corrected chi connectivity index (χ0v) is 17.9. The molecule has 5 nitrogen and oxygen atoms in total. The molecule has 0 saturated heterocycles. The summed E-state index contributed by atoms with van der Waals surface area (Å²) in [6, 6.07) is 8.49. The van der Waals surface area contributed by atoms with Crippen LogP contribution in [-0.4, -0.2) is 18.6 Å². The van der Waals surface area contributed by atoms with E-state index in [1.165, 1.54) is 0 Å². The summed E-state index contributed by atoms with van der Waals surface area (Å²) in [6.45, 7) is 0. The van der Waals surface area contributed by atoms with E-state index < -0.39 is 10.1 Å². The van der Waals surface area contributed by atoms with Gasteiger partial charge in [-0.15, -0.1) is 0 Å². The molecular formula is C26H18O5S. The van der Waals surface area contributed by atoms with Crippen molar-refractivity contribution in [3.63, 3.8) is 0 Å². The molecule has 3 aliphatic rings. The van der Waals surface area contributed by atoms with E-state index >= 15 is 0 Å². The van der Waals surface area contributed by atoms with Gasteiger partial charge in [0.05, 0.1) is 0 Å². The summed E-state index contributed by atoms with van der Waals surface area (Å²) >= 11 is 0. The quantitative estimate of drug-likeness (QED) is 0.195. The van der Waals surface area contributed by atoms with Crippen LogP contribution in [0.3, 0.4) is 0 Å². The van der Waals surface area contributed by atoms with Gasteiger partial charge in [-0.2, -0.15) is 8.42 Å². The van der Waals surface area contributed by atoms with Crippen LogP contribution in [0.2, 0.25) is 0 Å². The monoisotopic (exact) mass is 442 g/mol. The lowest BCUT2D eigenvalue weighted by Crippen LogP contribution is -2.18. The van der Waals surface area contributed by atoms with E-state index in [4.69, 9.17) is 4.18 Å². The molecule has 2 aliphatic carbocycles. The molecule has 0 aromatic heterocycles. The second kappa shape index (κ2) is 5.21. The van der Waals surface area contributed by atoms with Crippen LogP contribution in [0.4, 0.5) is 0 Å². The van der Waals surface area contributed by atoms with E-state index in [0.717, 1.165) is 74.7 Å². The number of benzene rings is 5. The summed E-state index contributed by atoms with van der Waals surface area (Å²) in [7, 11) is -4.29. The molecule has 1 aliphatic heterocycles. The largest absolute Gasteiger partial charge is 0.506 e. The highest BCUT2D eigenvalue weighted by molar-refractivity contribution is 7.87. The molecule has 5 aromatic carbocycles. The van der Waals surface area contributed by atoms with Crippen molar-refractivity contribution in [1.29, 1.82) is 0 Å². The third-order valence-electron chi connectivity index (χ3n) is 7.87. The summed E-state index contributed by atoms with van der Waals surface area (Å²) in [5.41, 5.74) is 3.75. The zero-order chi connectivity index (χ0) is 21.5. The Labute approximate surface area is 183 Å². The van der Waals surface area contributed by atoms with E-state index in [9.17, 15) is 18.6 Å². The van der Waals surface area contributed by atoms with Crippen molar-refractivity contribution in [3.05, 3.63) is 46.5 Å². The number of fused-ring (bicyclic) bond motifs is 1. The van der Waals surface area contributed by atoms with Crippen molar-refractivity contribution in [2.24, 2.45) is 0 Å². The van der Waals surface area contributed by atoms with Gasteiger partial charge in [0.2, 0.25) is 0 Å². The fourth-order valence-electron chi connectivity index (χ4n) is 6.69. The van der Waals surface area contributed by atoms with Crippen LogP contribution < -0.4 is 4.18 Å². The first kappa shape index (κ1) is 17.3. The number of phenols is 2. The summed E-state index contributed by atoms with van der Waals surface area (Å²) in [5.74, 6) is -0.259. The molecule has 0 amide bonds. The Morgan fingerprint density at radius 3 is 1.84 bits per heavy atom. The lowest BCUT2D eigenvalue weighted by Gasteiger charge is -2.30. The number of rotatable bonds is 0. The summed E-state index contributed by atoms with van der Waals surface area (Å²) in [4.78, 5) is -0.144. The SMILES string of the molecule is O=S1(=O)Oc2c(O)c3c4c(ccc5c6ccc7c8c(c(O)c1c(c2c45)c86)CCC7)CCC3. The Kier molecular flexibility index (Phi) is 2.82. The second-order valence-electron chi connectivity index (χ2n) is 9.35. The van der Waals surface area contributed by atoms with E-state index in [1.807, 2.05) is 0 Å². The fraction of sp³-hybridized carbons (Fsp3) is 0.231. The molecular weight excluding hydrogens is 424 g/mol. The number of aryl methyl sites for hydroxylation is 4. The highest BCUT2D eigenvalue weighted by atomic mass is 32.2. The summed E-state index contributed by atoms with van der Waals surface area (Å²) in [6.07, 6.45) is 4.86. The minimum absolute atomic E-state index is 0.0156. The lowest BCUT2D eigenvalue weighted by molar-refractivity contribution is 0.417. The maximum atomic E-state index is 13.4. The molecule has 0 unspecified atom stereocenters. The molecule has 6 heteroatoms. The van der Waals surface area contributed by atoms with Crippen molar-refractivity contribution >= 4 is 53.2 Å². The van der Waals surface area contributed by atoms with Gasteiger partial charge in [-0.3, -0.25) is 0 Å². The molecule has 0 atom stereocenters. The molecule has 0 bridgehead atoms. The first-order chi connectivity index (χ1) is 15.5. The predicted octanol–water partition coefficient (Wildman–Crippen LogP) is 5.21. The van der Waals surface area contributed by atoms with Crippen LogP contribution in [0.1, 0.15) is 35.1 Å². The van der Waals surface area contributed by atoms with Crippen LogP contribution in [0.25, 0.3) is 43.1 Å². The number of hydrogen-bond donors (Lipinski definition) is 2. The van der Waals surface area contributed by atoms with Gasteiger partial charge in [-0.05, 0) is 76.6 Å². The van der Waals surface area contributed by atoms with Crippen LogP contribution in [-0.2, 0) is 35.8 Å². The predicted molar refractivity (Wildman–Crippen MR) is 123 cm³/mol. The average molecular weight is 442 g/mol. The van der Waals surface area contributed by atoms with Crippen molar-refractivity contribution in [2.75, 3.05) is 0 Å². The lowest BCUT2D eigenvalue weighted by atomic mass is 9.78.